The Labute approximate surface area is 127 Å². The van der Waals surface area contributed by atoms with Crippen molar-refractivity contribution in [3.8, 4) is 0 Å². The Morgan fingerprint density at radius 3 is 2.19 bits per heavy atom. The molecule has 0 fully saturated rings. The number of para-hydroxylation sites is 1. The molecule has 1 aromatic heterocycles. The highest BCUT2D eigenvalue weighted by atomic mass is 16.5. The van der Waals surface area contributed by atoms with Crippen molar-refractivity contribution in [3.05, 3.63) is 72.5 Å². The summed E-state index contributed by atoms with van der Waals surface area (Å²) >= 11 is 0. The van der Waals surface area contributed by atoms with Crippen LogP contribution in [0.25, 0.3) is 11.0 Å². The molecule has 0 aliphatic rings. The zero-order valence-corrected chi connectivity index (χ0v) is 13.1. The number of fused-ring (bicyclic) bond motifs is 1. The van der Waals surface area contributed by atoms with Crippen LogP contribution in [0.4, 0.5) is 0 Å². The van der Waals surface area contributed by atoms with E-state index in [1.807, 2.05) is 62.4 Å². The summed E-state index contributed by atoms with van der Waals surface area (Å²) in [6, 6.07) is 20.2. The molecule has 3 aromatic rings. The van der Waals surface area contributed by atoms with Crippen LogP contribution in [-0.2, 0) is 11.2 Å². The van der Waals surface area contributed by atoms with E-state index in [1.54, 1.807) is 13.4 Å². The lowest BCUT2D eigenvalue weighted by Gasteiger charge is -1.97. The van der Waals surface area contributed by atoms with E-state index in [4.69, 9.17) is 9.15 Å². The molecule has 0 bridgehead atoms. The van der Waals surface area contributed by atoms with Gasteiger partial charge in [-0.25, -0.2) is 0 Å². The van der Waals surface area contributed by atoms with Crippen molar-refractivity contribution in [3.63, 3.8) is 0 Å². The first-order valence-electron chi connectivity index (χ1n) is 7.35. The van der Waals surface area contributed by atoms with Gasteiger partial charge in [0.2, 0.25) is 0 Å². The second-order valence-electron chi connectivity index (χ2n) is 4.19. The smallest absolute Gasteiger partial charge is 0.133 e. The molecular formula is C19H24O2. The molecule has 21 heavy (non-hydrogen) atoms. The molecule has 2 heteroatoms. The normalized spacial score (nSPS) is 9.29. The molecule has 1 heterocycles. The van der Waals surface area contributed by atoms with E-state index in [1.165, 1.54) is 5.56 Å². The largest absolute Gasteiger partial charge is 0.464 e. The molecule has 112 valence electrons. The van der Waals surface area contributed by atoms with Gasteiger partial charge in [-0.15, -0.1) is 0 Å². The van der Waals surface area contributed by atoms with Gasteiger partial charge in [0.05, 0.1) is 12.9 Å². The van der Waals surface area contributed by atoms with E-state index in [0.29, 0.717) is 0 Å². The maximum absolute atomic E-state index is 5.12. The van der Waals surface area contributed by atoms with Gasteiger partial charge in [0.15, 0.2) is 0 Å². The first kappa shape index (κ1) is 17.0. The van der Waals surface area contributed by atoms with Crippen LogP contribution in [-0.4, -0.2) is 13.7 Å². The van der Waals surface area contributed by atoms with E-state index in [9.17, 15) is 0 Å². The highest BCUT2D eigenvalue weighted by Gasteiger charge is 1.89. The highest BCUT2D eigenvalue weighted by Crippen LogP contribution is 2.12. The van der Waals surface area contributed by atoms with Crippen LogP contribution in [0.5, 0.6) is 0 Å². The average molecular weight is 284 g/mol. The maximum Gasteiger partial charge on any atom is 0.133 e. The molecule has 0 aliphatic heterocycles. The van der Waals surface area contributed by atoms with Crippen molar-refractivity contribution >= 4 is 11.0 Å². The van der Waals surface area contributed by atoms with E-state index >= 15 is 0 Å². The third-order valence-electron chi connectivity index (χ3n) is 2.80. The second-order valence-corrected chi connectivity index (χ2v) is 4.19. The molecule has 0 unspecified atom stereocenters. The lowest BCUT2D eigenvalue weighted by atomic mass is 10.2. The lowest BCUT2D eigenvalue weighted by molar-refractivity contribution is 0.202. The van der Waals surface area contributed by atoms with Crippen molar-refractivity contribution < 1.29 is 9.15 Å². The van der Waals surface area contributed by atoms with Crippen molar-refractivity contribution in [2.45, 2.75) is 20.3 Å². The van der Waals surface area contributed by atoms with Gasteiger partial charge in [0, 0.05) is 12.5 Å². The van der Waals surface area contributed by atoms with Gasteiger partial charge in [0.1, 0.15) is 5.58 Å². The lowest BCUT2D eigenvalue weighted by Crippen LogP contribution is -1.92. The van der Waals surface area contributed by atoms with Gasteiger partial charge in [-0.1, -0.05) is 62.4 Å². The predicted octanol–water partition coefficient (Wildman–Crippen LogP) is 5.33. The van der Waals surface area contributed by atoms with Crippen LogP contribution in [0.3, 0.4) is 0 Å². The van der Waals surface area contributed by atoms with Crippen molar-refractivity contribution in [1.82, 2.24) is 0 Å². The third kappa shape index (κ3) is 6.28. The Kier molecular flexibility index (Phi) is 8.65. The zero-order valence-electron chi connectivity index (χ0n) is 13.1. The molecule has 0 aliphatic carbocycles. The number of methoxy groups -OCH3 is 1. The summed E-state index contributed by atoms with van der Waals surface area (Å²) in [6.07, 6.45) is 2.71. The van der Waals surface area contributed by atoms with Gasteiger partial charge < -0.3 is 9.15 Å². The fourth-order valence-electron chi connectivity index (χ4n) is 1.77. The monoisotopic (exact) mass is 284 g/mol. The maximum atomic E-state index is 5.12. The van der Waals surface area contributed by atoms with Gasteiger partial charge in [-0.3, -0.25) is 0 Å². The number of ether oxygens (including phenoxy) is 1. The first-order chi connectivity index (χ1) is 10.4. The number of benzene rings is 2. The number of furan rings is 1. The van der Waals surface area contributed by atoms with Crippen molar-refractivity contribution in [1.29, 1.82) is 0 Å². The second kappa shape index (κ2) is 10.7. The molecule has 0 atom stereocenters. The summed E-state index contributed by atoms with van der Waals surface area (Å²) in [6.45, 7) is 4.81. The first-order valence-corrected chi connectivity index (χ1v) is 7.35. The molecule has 0 amide bonds. The van der Waals surface area contributed by atoms with Crippen LogP contribution in [0.15, 0.2) is 71.3 Å². The minimum Gasteiger partial charge on any atom is -0.464 e. The topological polar surface area (TPSA) is 22.4 Å². The van der Waals surface area contributed by atoms with Crippen molar-refractivity contribution in [2.75, 3.05) is 13.7 Å². The Hall–Kier alpha value is -2.06. The molecule has 0 radical (unpaired) electrons. The summed E-state index contributed by atoms with van der Waals surface area (Å²) in [5, 5.41) is 1.16. The summed E-state index contributed by atoms with van der Waals surface area (Å²) in [5.41, 5.74) is 2.29. The van der Waals surface area contributed by atoms with Crippen LogP contribution in [0, 0.1) is 0 Å². The fourth-order valence-corrected chi connectivity index (χ4v) is 1.77. The van der Waals surface area contributed by atoms with Crippen LogP contribution in [0.2, 0.25) is 0 Å². The molecule has 0 saturated heterocycles. The standard InChI is InChI=1S/C9H12O.C8H6O.C2H6/c1-10-8-7-9-5-3-2-4-6-9;1-2-4-8-7(3-1)5-6-9-8;1-2/h2-6H,7-8H2,1H3;1-6H;1-2H3. The number of hydrogen-bond acceptors (Lipinski definition) is 2. The summed E-state index contributed by atoms with van der Waals surface area (Å²) in [7, 11) is 1.73. The van der Waals surface area contributed by atoms with E-state index < -0.39 is 0 Å². The Morgan fingerprint density at radius 2 is 1.52 bits per heavy atom. The van der Waals surface area contributed by atoms with Crippen LogP contribution < -0.4 is 0 Å². The summed E-state index contributed by atoms with van der Waals surface area (Å²) in [5.74, 6) is 0. The van der Waals surface area contributed by atoms with Gasteiger partial charge in [0.25, 0.3) is 0 Å². The Bertz CT molecular complexity index is 554. The fraction of sp³-hybridized carbons (Fsp3) is 0.263. The minimum atomic E-state index is 0.810. The van der Waals surface area contributed by atoms with Gasteiger partial charge in [-0.05, 0) is 24.1 Å². The SMILES string of the molecule is CC.COCCc1ccccc1.c1ccc2occc2c1. The third-order valence-corrected chi connectivity index (χ3v) is 2.80. The minimum absolute atomic E-state index is 0.810. The van der Waals surface area contributed by atoms with E-state index in [2.05, 4.69) is 12.1 Å². The van der Waals surface area contributed by atoms with Crippen LogP contribution >= 0.6 is 0 Å². The van der Waals surface area contributed by atoms with E-state index in [-0.39, 0.29) is 0 Å². The Balaban J connectivity index is 0.000000188. The van der Waals surface area contributed by atoms with E-state index in [0.717, 1.165) is 24.0 Å². The molecule has 2 nitrogen and oxygen atoms in total. The molecule has 0 N–H and O–H groups in total. The van der Waals surface area contributed by atoms with Gasteiger partial charge >= 0.3 is 0 Å². The number of rotatable bonds is 3. The molecule has 2 aromatic carbocycles. The highest BCUT2D eigenvalue weighted by molar-refractivity contribution is 5.76. The van der Waals surface area contributed by atoms with Crippen LogP contribution in [0.1, 0.15) is 19.4 Å². The predicted molar refractivity (Wildman–Crippen MR) is 89.6 cm³/mol. The quantitative estimate of drug-likeness (QED) is 0.648. The molecular weight excluding hydrogens is 260 g/mol. The molecule has 3 rings (SSSR count). The molecule has 0 spiro atoms. The number of hydrogen-bond donors (Lipinski definition) is 0. The average Bonchev–Trinajstić information content (AvgIpc) is 3.05. The zero-order chi connectivity index (χ0) is 15.3. The summed E-state index contributed by atoms with van der Waals surface area (Å²) < 4.78 is 10.1. The van der Waals surface area contributed by atoms with Crippen molar-refractivity contribution in [2.24, 2.45) is 0 Å². The summed E-state index contributed by atoms with van der Waals surface area (Å²) in [4.78, 5) is 0. The van der Waals surface area contributed by atoms with Gasteiger partial charge in [-0.2, -0.15) is 0 Å². The Morgan fingerprint density at radius 1 is 0.857 bits per heavy atom. The molecule has 0 saturated carbocycles.